The van der Waals surface area contributed by atoms with Crippen LogP contribution in [0.2, 0.25) is 0 Å². The van der Waals surface area contributed by atoms with Gasteiger partial charge in [-0.05, 0) is 50.1 Å². The summed E-state index contributed by atoms with van der Waals surface area (Å²) in [5.74, 6) is 1.90. The van der Waals surface area contributed by atoms with Crippen molar-refractivity contribution in [1.82, 2.24) is 10.5 Å². The van der Waals surface area contributed by atoms with Crippen LogP contribution in [0.3, 0.4) is 0 Å². The second-order valence-corrected chi connectivity index (χ2v) is 5.53. The average molecular weight is 307 g/mol. The number of aromatic nitrogens is 1. The van der Waals surface area contributed by atoms with Crippen LogP contribution in [0.4, 0.5) is 0 Å². The minimum absolute atomic E-state index is 0.337. The van der Waals surface area contributed by atoms with Crippen LogP contribution in [0.25, 0.3) is 11.3 Å². The maximum Gasteiger partial charge on any atom is 0.152 e. The monoisotopic (exact) mass is 306 g/mol. The van der Waals surface area contributed by atoms with Crippen molar-refractivity contribution in [2.75, 3.05) is 13.2 Å². The largest absolute Gasteiger partial charge is 0.494 e. The molecule has 0 bridgehead atoms. The van der Waals surface area contributed by atoms with E-state index < -0.39 is 0 Å². The van der Waals surface area contributed by atoms with Crippen LogP contribution in [-0.4, -0.2) is 24.4 Å². The van der Waals surface area contributed by atoms with Gasteiger partial charge in [0.05, 0.1) is 12.5 Å². The van der Waals surface area contributed by atoms with Gasteiger partial charge in [-0.1, -0.05) is 5.16 Å². The smallest absolute Gasteiger partial charge is 0.152 e. The summed E-state index contributed by atoms with van der Waals surface area (Å²) < 4.78 is 10.9. The fraction of sp³-hybridized carbons (Fsp3) is 0.438. The molecule has 1 aliphatic rings. The highest BCUT2D eigenvalue weighted by atomic mass is 35.5. The number of nitrogens with one attached hydrogen (secondary N) is 1. The normalized spacial score (nSPS) is 18.0. The molecule has 5 heteroatoms. The Balaban J connectivity index is 1.53. The van der Waals surface area contributed by atoms with Crippen LogP contribution in [0.15, 0.2) is 34.9 Å². The fourth-order valence-electron chi connectivity index (χ4n) is 2.56. The number of ether oxygens (including phenoxy) is 1. The molecule has 2 aromatic rings. The molecule has 0 aliphatic carbocycles. The van der Waals surface area contributed by atoms with E-state index in [-0.39, 0.29) is 0 Å². The van der Waals surface area contributed by atoms with E-state index in [9.17, 15) is 0 Å². The summed E-state index contributed by atoms with van der Waals surface area (Å²) in [4.78, 5) is 0. The van der Waals surface area contributed by atoms with Crippen molar-refractivity contribution < 1.29 is 9.26 Å². The van der Waals surface area contributed by atoms with Crippen molar-refractivity contribution in [2.24, 2.45) is 0 Å². The predicted molar refractivity (Wildman–Crippen MR) is 82.6 cm³/mol. The van der Waals surface area contributed by atoms with Crippen molar-refractivity contribution in [2.45, 2.75) is 31.2 Å². The van der Waals surface area contributed by atoms with Crippen LogP contribution in [0, 0.1) is 0 Å². The topological polar surface area (TPSA) is 47.3 Å². The van der Waals surface area contributed by atoms with Crippen LogP contribution in [0.1, 0.15) is 25.0 Å². The molecule has 1 N–H and O–H groups in total. The number of hydrogen-bond donors (Lipinski definition) is 1. The van der Waals surface area contributed by atoms with Crippen molar-refractivity contribution in [3.63, 3.8) is 0 Å². The zero-order chi connectivity index (χ0) is 14.5. The molecule has 1 fully saturated rings. The predicted octanol–water partition coefficient (Wildman–Crippen LogP) is 3.60. The molecule has 1 unspecified atom stereocenters. The molecule has 0 amide bonds. The van der Waals surface area contributed by atoms with Crippen LogP contribution in [-0.2, 0) is 5.88 Å². The number of rotatable bonds is 6. The van der Waals surface area contributed by atoms with Crippen molar-refractivity contribution in [1.29, 1.82) is 0 Å². The van der Waals surface area contributed by atoms with Gasteiger partial charge < -0.3 is 14.6 Å². The lowest BCUT2D eigenvalue weighted by atomic mass is 10.1. The summed E-state index contributed by atoms with van der Waals surface area (Å²) in [7, 11) is 0. The molecule has 1 aliphatic heterocycles. The third kappa shape index (κ3) is 3.77. The Morgan fingerprint density at radius 2 is 2.19 bits per heavy atom. The molecule has 0 saturated carbocycles. The molecular weight excluding hydrogens is 288 g/mol. The van der Waals surface area contributed by atoms with E-state index in [1.807, 2.05) is 30.3 Å². The molecule has 1 atom stereocenters. The Morgan fingerprint density at radius 3 is 2.86 bits per heavy atom. The highest BCUT2D eigenvalue weighted by Crippen LogP contribution is 2.23. The van der Waals surface area contributed by atoms with Gasteiger partial charge in [0, 0.05) is 17.7 Å². The Kier molecular flexibility index (Phi) is 4.78. The van der Waals surface area contributed by atoms with Crippen molar-refractivity contribution >= 4 is 11.6 Å². The standard InChI is InChI=1S/C16H19ClN2O2/c17-11-15-10-16(19-21-15)12-3-5-14(6-4-12)20-9-7-13-2-1-8-18-13/h3-6,10,13,18H,1-2,7-9,11H2. The van der Waals surface area contributed by atoms with E-state index in [0.717, 1.165) is 36.6 Å². The summed E-state index contributed by atoms with van der Waals surface area (Å²) >= 11 is 5.71. The van der Waals surface area contributed by atoms with Gasteiger partial charge in [0.15, 0.2) is 5.76 Å². The number of benzene rings is 1. The maximum atomic E-state index is 5.78. The number of alkyl halides is 1. The second-order valence-electron chi connectivity index (χ2n) is 5.27. The van der Waals surface area contributed by atoms with Gasteiger partial charge in [-0.3, -0.25) is 0 Å². The quantitative estimate of drug-likeness (QED) is 0.828. The van der Waals surface area contributed by atoms with Gasteiger partial charge in [-0.2, -0.15) is 0 Å². The highest BCUT2D eigenvalue weighted by molar-refractivity contribution is 6.16. The Morgan fingerprint density at radius 1 is 1.33 bits per heavy atom. The molecule has 0 radical (unpaired) electrons. The molecule has 1 aromatic carbocycles. The fourth-order valence-corrected chi connectivity index (χ4v) is 2.68. The van der Waals surface area contributed by atoms with Gasteiger partial charge in [0.2, 0.25) is 0 Å². The van der Waals surface area contributed by atoms with E-state index in [1.54, 1.807) is 0 Å². The van der Waals surface area contributed by atoms with Crippen LogP contribution < -0.4 is 10.1 Å². The third-order valence-corrected chi connectivity index (χ3v) is 4.00. The lowest BCUT2D eigenvalue weighted by Gasteiger charge is -2.11. The molecule has 21 heavy (non-hydrogen) atoms. The number of halogens is 1. The van der Waals surface area contributed by atoms with Gasteiger partial charge in [-0.15, -0.1) is 11.6 Å². The molecule has 2 heterocycles. The van der Waals surface area contributed by atoms with Crippen LogP contribution >= 0.6 is 11.6 Å². The second kappa shape index (κ2) is 6.96. The first-order chi connectivity index (χ1) is 10.3. The Bertz CT molecular complexity index is 562. The molecule has 4 nitrogen and oxygen atoms in total. The van der Waals surface area contributed by atoms with Gasteiger partial charge in [0.25, 0.3) is 0 Å². The van der Waals surface area contributed by atoms with E-state index in [0.29, 0.717) is 17.7 Å². The number of hydrogen-bond acceptors (Lipinski definition) is 4. The van der Waals surface area contributed by atoms with Gasteiger partial charge in [-0.25, -0.2) is 0 Å². The van der Waals surface area contributed by atoms with Crippen molar-refractivity contribution in [3.8, 4) is 17.0 Å². The zero-order valence-electron chi connectivity index (χ0n) is 11.8. The first-order valence-electron chi connectivity index (χ1n) is 7.33. The minimum Gasteiger partial charge on any atom is -0.494 e. The van der Waals surface area contributed by atoms with E-state index in [4.69, 9.17) is 20.9 Å². The Hall–Kier alpha value is -1.52. The first-order valence-corrected chi connectivity index (χ1v) is 7.87. The average Bonchev–Trinajstić information content (AvgIpc) is 3.19. The summed E-state index contributed by atoms with van der Waals surface area (Å²) in [5.41, 5.74) is 1.80. The van der Waals surface area contributed by atoms with E-state index in [1.165, 1.54) is 12.8 Å². The molecular formula is C16H19ClN2O2. The summed E-state index contributed by atoms with van der Waals surface area (Å²) in [6, 6.07) is 10.4. The van der Waals surface area contributed by atoms with E-state index >= 15 is 0 Å². The Labute approximate surface area is 129 Å². The minimum atomic E-state index is 0.337. The van der Waals surface area contributed by atoms with Gasteiger partial charge >= 0.3 is 0 Å². The highest BCUT2D eigenvalue weighted by Gasteiger charge is 2.13. The molecule has 0 spiro atoms. The van der Waals surface area contributed by atoms with E-state index in [2.05, 4.69) is 10.5 Å². The van der Waals surface area contributed by atoms with Crippen LogP contribution in [0.5, 0.6) is 5.75 Å². The van der Waals surface area contributed by atoms with Gasteiger partial charge in [0.1, 0.15) is 11.4 Å². The first kappa shape index (κ1) is 14.4. The lowest BCUT2D eigenvalue weighted by molar-refractivity contribution is 0.292. The summed E-state index contributed by atoms with van der Waals surface area (Å²) in [6.07, 6.45) is 3.60. The molecule has 1 aromatic heterocycles. The third-order valence-electron chi connectivity index (χ3n) is 3.74. The lowest BCUT2D eigenvalue weighted by Crippen LogP contribution is -2.23. The molecule has 1 saturated heterocycles. The molecule has 3 rings (SSSR count). The maximum absolute atomic E-state index is 5.78. The molecule has 112 valence electrons. The summed E-state index contributed by atoms with van der Waals surface area (Å²) in [5, 5.41) is 7.46. The SMILES string of the molecule is ClCc1cc(-c2ccc(OCCC3CCCN3)cc2)no1. The zero-order valence-corrected chi connectivity index (χ0v) is 12.6. The summed E-state index contributed by atoms with van der Waals surface area (Å²) in [6.45, 7) is 1.89. The number of nitrogens with zero attached hydrogens (tertiary/aromatic N) is 1. The van der Waals surface area contributed by atoms with Crippen molar-refractivity contribution in [3.05, 3.63) is 36.1 Å².